The summed E-state index contributed by atoms with van der Waals surface area (Å²) in [6.07, 6.45) is 0. The molecule has 118 valence electrons. The molecule has 0 saturated heterocycles. The number of methoxy groups -OCH3 is 1. The predicted molar refractivity (Wildman–Crippen MR) is 91.5 cm³/mol. The number of nitrogens with zero attached hydrogens (tertiary/aromatic N) is 2. The summed E-state index contributed by atoms with van der Waals surface area (Å²) in [6, 6.07) is 7.96. The highest BCUT2D eigenvalue weighted by molar-refractivity contribution is 7.09. The van der Waals surface area contributed by atoms with E-state index in [1.54, 1.807) is 18.4 Å². The highest BCUT2D eigenvalue weighted by Gasteiger charge is 2.03. The molecule has 0 aliphatic rings. The largest absolute Gasteiger partial charge is 0.497 e. The Bertz CT molecular complexity index is 624. The number of aryl methyl sites for hydroxylation is 1. The molecule has 2 rings (SSSR count). The van der Waals surface area contributed by atoms with E-state index in [0.29, 0.717) is 6.54 Å². The van der Waals surface area contributed by atoms with Crippen LogP contribution in [0.15, 0.2) is 34.8 Å². The van der Waals surface area contributed by atoms with Crippen LogP contribution in [-0.4, -0.2) is 24.6 Å². The molecule has 2 N–H and O–H groups in total. The van der Waals surface area contributed by atoms with E-state index in [4.69, 9.17) is 4.74 Å². The fourth-order valence-corrected chi connectivity index (χ4v) is 2.66. The molecular formula is C16H22N4OS. The molecule has 0 bridgehead atoms. The van der Waals surface area contributed by atoms with Gasteiger partial charge in [-0.2, -0.15) is 0 Å². The van der Waals surface area contributed by atoms with Crippen molar-refractivity contribution >= 4 is 17.3 Å². The van der Waals surface area contributed by atoms with Gasteiger partial charge in [-0.1, -0.05) is 12.1 Å². The molecule has 2 aromatic rings. The molecule has 0 fully saturated rings. The van der Waals surface area contributed by atoms with Crippen LogP contribution < -0.4 is 15.4 Å². The molecule has 0 spiro atoms. The second kappa shape index (κ2) is 8.38. The summed E-state index contributed by atoms with van der Waals surface area (Å²) >= 11 is 1.66. The number of benzene rings is 1. The number of hydrogen-bond acceptors (Lipinski definition) is 4. The van der Waals surface area contributed by atoms with Crippen LogP contribution in [-0.2, 0) is 13.1 Å². The van der Waals surface area contributed by atoms with Gasteiger partial charge in [0.25, 0.3) is 0 Å². The SMILES string of the molecule is CCNC(=NCc1cccc(OC)c1)NCc1scnc1C. The Kier molecular flexibility index (Phi) is 6.21. The highest BCUT2D eigenvalue weighted by atomic mass is 32.1. The van der Waals surface area contributed by atoms with Gasteiger partial charge < -0.3 is 15.4 Å². The van der Waals surface area contributed by atoms with E-state index in [1.165, 1.54) is 4.88 Å². The van der Waals surface area contributed by atoms with E-state index in [1.807, 2.05) is 36.7 Å². The maximum atomic E-state index is 5.23. The van der Waals surface area contributed by atoms with Crippen molar-refractivity contribution in [3.63, 3.8) is 0 Å². The molecule has 0 atom stereocenters. The van der Waals surface area contributed by atoms with Gasteiger partial charge in [0.1, 0.15) is 5.75 Å². The average Bonchev–Trinajstić information content (AvgIpc) is 2.95. The zero-order valence-electron chi connectivity index (χ0n) is 13.2. The standard InChI is InChI=1S/C16H22N4OS/c1-4-17-16(19-10-15-12(2)20-11-22-15)18-9-13-6-5-7-14(8-13)21-3/h5-8,11H,4,9-10H2,1-3H3,(H2,17,18,19). The summed E-state index contributed by atoms with van der Waals surface area (Å²) in [7, 11) is 1.67. The van der Waals surface area contributed by atoms with Gasteiger partial charge in [0.2, 0.25) is 0 Å². The van der Waals surface area contributed by atoms with Crippen molar-refractivity contribution in [1.82, 2.24) is 15.6 Å². The topological polar surface area (TPSA) is 58.5 Å². The Labute approximate surface area is 135 Å². The minimum atomic E-state index is 0.605. The number of nitrogens with one attached hydrogen (secondary N) is 2. The lowest BCUT2D eigenvalue weighted by atomic mass is 10.2. The van der Waals surface area contributed by atoms with Gasteiger partial charge in [-0.15, -0.1) is 11.3 Å². The molecule has 0 unspecified atom stereocenters. The van der Waals surface area contributed by atoms with E-state index >= 15 is 0 Å². The first-order valence-electron chi connectivity index (χ1n) is 7.27. The molecule has 5 nitrogen and oxygen atoms in total. The van der Waals surface area contributed by atoms with E-state index < -0.39 is 0 Å². The summed E-state index contributed by atoms with van der Waals surface area (Å²) in [5.74, 6) is 1.66. The quantitative estimate of drug-likeness (QED) is 0.635. The van der Waals surface area contributed by atoms with Crippen molar-refractivity contribution in [3.05, 3.63) is 45.9 Å². The molecule has 22 heavy (non-hydrogen) atoms. The lowest BCUT2D eigenvalue weighted by molar-refractivity contribution is 0.414. The van der Waals surface area contributed by atoms with Gasteiger partial charge in [-0.05, 0) is 31.5 Å². The molecule has 0 saturated carbocycles. The van der Waals surface area contributed by atoms with E-state index in [-0.39, 0.29) is 0 Å². The number of ether oxygens (including phenoxy) is 1. The minimum absolute atomic E-state index is 0.605. The number of thiazole rings is 1. The fraction of sp³-hybridized carbons (Fsp3) is 0.375. The number of aliphatic imine (C=N–C) groups is 1. The van der Waals surface area contributed by atoms with E-state index in [0.717, 1.165) is 36.1 Å². The van der Waals surface area contributed by atoms with Crippen molar-refractivity contribution in [2.75, 3.05) is 13.7 Å². The molecule has 1 aromatic heterocycles. The Morgan fingerprint density at radius 3 is 2.91 bits per heavy atom. The third-order valence-corrected chi connectivity index (χ3v) is 4.09. The average molecular weight is 318 g/mol. The zero-order chi connectivity index (χ0) is 15.8. The third-order valence-electron chi connectivity index (χ3n) is 3.16. The van der Waals surface area contributed by atoms with Gasteiger partial charge in [0, 0.05) is 11.4 Å². The number of aromatic nitrogens is 1. The van der Waals surface area contributed by atoms with E-state index in [9.17, 15) is 0 Å². The summed E-state index contributed by atoms with van der Waals surface area (Å²) in [5.41, 5.74) is 4.05. The van der Waals surface area contributed by atoms with Crippen LogP contribution in [0.1, 0.15) is 23.1 Å². The first kappa shape index (κ1) is 16.3. The molecule has 1 aromatic carbocycles. The molecule has 1 heterocycles. The Morgan fingerprint density at radius 1 is 1.36 bits per heavy atom. The second-order valence-corrected chi connectivity index (χ2v) is 5.70. The Morgan fingerprint density at radius 2 is 2.23 bits per heavy atom. The molecule has 0 amide bonds. The van der Waals surface area contributed by atoms with E-state index in [2.05, 4.69) is 27.5 Å². The predicted octanol–water partition coefficient (Wildman–Crippen LogP) is 2.72. The summed E-state index contributed by atoms with van der Waals surface area (Å²) < 4.78 is 5.23. The summed E-state index contributed by atoms with van der Waals surface area (Å²) in [6.45, 7) is 6.24. The number of rotatable bonds is 6. The molecular weight excluding hydrogens is 296 g/mol. The lowest BCUT2D eigenvalue weighted by Gasteiger charge is -2.11. The van der Waals surface area contributed by atoms with Crippen LogP contribution in [0.4, 0.5) is 0 Å². The number of hydrogen-bond donors (Lipinski definition) is 2. The monoisotopic (exact) mass is 318 g/mol. The smallest absolute Gasteiger partial charge is 0.191 e. The van der Waals surface area contributed by atoms with Crippen LogP contribution in [0, 0.1) is 6.92 Å². The maximum absolute atomic E-state index is 5.23. The van der Waals surface area contributed by atoms with Gasteiger partial charge in [-0.3, -0.25) is 0 Å². The van der Waals surface area contributed by atoms with Crippen molar-refractivity contribution in [3.8, 4) is 5.75 Å². The number of guanidine groups is 1. The van der Waals surface area contributed by atoms with Gasteiger partial charge >= 0.3 is 0 Å². The normalized spacial score (nSPS) is 11.3. The lowest BCUT2D eigenvalue weighted by Crippen LogP contribution is -2.36. The fourth-order valence-electron chi connectivity index (χ4n) is 1.94. The molecule has 0 radical (unpaired) electrons. The van der Waals surface area contributed by atoms with Crippen LogP contribution in [0.3, 0.4) is 0 Å². The van der Waals surface area contributed by atoms with Crippen molar-refractivity contribution in [2.24, 2.45) is 4.99 Å². The highest BCUT2D eigenvalue weighted by Crippen LogP contribution is 2.13. The second-order valence-electron chi connectivity index (χ2n) is 4.76. The van der Waals surface area contributed by atoms with Crippen LogP contribution in [0.5, 0.6) is 5.75 Å². The van der Waals surface area contributed by atoms with Crippen molar-refractivity contribution < 1.29 is 4.74 Å². The van der Waals surface area contributed by atoms with Crippen molar-refractivity contribution in [1.29, 1.82) is 0 Å². The molecule has 0 aliphatic heterocycles. The van der Waals surface area contributed by atoms with Gasteiger partial charge in [0.05, 0.1) is 31.4 Å². The van der Waals surface area contributed by atoms with Crippen LogP contribution in [0.2, 0.25) is 0 Å². The summed E-state index contributed by atoms with van der Waals surface area (Å²) in [4.78, 5) is 10.1. The van der Waals surface area contributed by atoms with Crippen LogP contribution >= 0.6 is 11.3 Å². The first-order chi connectivity index (χ1) is 10.7. The van der Waals surface area contributed by atoms with Crippen LogP contribution in [0.25, 0.3) is 0 Å². The molecule has 0 aliphatic carbocycles. The van der Waals surface area contributed by atoms with Gasteiger partial charge in [-0.25, -0.2) is 9.98 Å². The van der Waals surface area contributed by atoms with Crippen molar-refractivity contribution in [2.45, 2.75) is 26.9 Å². The third kappa shape index (κ3) is 4.73. The zero-order valence-corrected chi connectivity index (χ0v) is 14.0. The maximum Gasteiger partial charge on any atom is 0.191 e. The first-order valence-corrected chi connectivity index (χ1v) is 8.15. The minimum Gasteiger partial charge on any atom is -0.497 e. The summed E-state index contributed by atoms with van der Waals surface area (Å²) in [5, 5.41) is 6.60. The Balaban J connectivity index is 1.98. The van der Waals surface area contributed by atoms with Gasteiger partial charge in [0.15, 0.2) is 5.96 Å². The molecule has 6 heteroatoms. The Hall–Kier alpha value is -2.08.